The Morgan fingerprint density at radius 1 is 0.903 bits per heavy atom. The summed E-state index contributed by atoms with van der Waals surface area (Å²) in [7, 11) is 1.58. The fourth-order valence-electron chi connectivity index (χ4n) is 3.01. The van der Waals surface area contributed by atoms with Gasteiger partial charge in [0.2, 0.25) is 5.91 Å². The lowest BCUT2D eigenvalue weighted by atomic mass is 10.1. The maximum Gasteiger partial charge on any atom is 0.325 e. The number of urea groups is 1. The Morgan fingerprint density at radius 3 is 2.29 bits per heavy atom. The number of para-hydroxylation sites is 1. The summed E-state index contributed by atoms with van der Waals surface area (Å²) in [6.45, 7) is 0.806. The van der Waals surface area contributed by atoms with E-state index in [0.29, 0.717) is 30.1 Å². The normalized spacial score (nSPS) is 10.5. The number of carbonyl (C=O) groups excluding carboxylic acids is 3. The van der Waals surface area contributed by atoms with E-state index in [-0.39, 0.29) is 12.5 Å². The summed E-state index contributed by atoms with van der Waals surface area (Å²) >= 11 is 0. The summed E-state index contributed by atoms with van der Waals surface area (Å²) in [5.74, 6) is 0.0910. The molecule has 8 nitrogen and oxygen atoms in total. The Labute approximate surface area is 180 Å². The zero-order valence-electron chi connectivity index (χ0n) is 17.1. The highest BCUT2D eigenvalue weighted by atomic mass is 16.3. The van der Waals surface area contributed by atoms with Crippen LogP contribution in [0.4, 0.5) is 10.5 Å². The SMILES string of the molecule is CNC(=O)c1ccc(CN(CC(=O)NC(=O)Nc2ccccc2)Cc2ccco2)cc1. The van der Waals surface area contributed by atoms with Gasteiger partial charge in [-0.3, -0.25) is 19.8 Å². The molecule has 3 aromatic rings. The molecule has 0 fully saturated rings. The number of imide groups is 1. The Balaban J connectivity index is 1.62. The van der Waals surface area contributed by atoms with Crippen molar-refractivity contribution in [3.05, 3.63) is 89.9 Å². The lowest BCUT2D eigenvalue weighted by Crippen LogP contribution is -2.41. The Kier molecular flexibility index (Phi) is 7.56. The fraction of sp³-hybridized carbons (Fsp3) is 0.174. The van der Waals surface area contributed by atoms with E-state index in [1.165, 1.54) is 0 Å². The second kappa shape index (κ2) is 10.7. The average Bonchev–Trinajstić information content (AvgIpc) is 3.27. The number of amides is 4. The molecule has 2 aromatic carbocycles. The molecule has 3 rings (SSSR count). The van der Waals surface area contributed by atoms with Gasteiger partial charge in [-0.05, 0) is 42.0 Å². The molecular weight excluding hydrogens is 396 g/mol. The van der Waals surface area contributed by atoms with E-state index in [1.54, 1.807) is 55.8 Å². The first kappa shape index (κ1) is 21.8. The summed E-state index contributed by atoms with van der Waals surface area (Å²) < 4.78 is 5.40. The van der Waals surface area contributed by atoms with Crippen molar-refractivity contribution in [3.8, 4) is 0 Å². The molecule has 4 amide bonds. The zero-order valence-corrected chi connectivity index (χ0v) is 17.1. The molecule has 0 unspecified atom stereocenters. The molecule has 31 heavy (non-hydrogen) atoms. The second-order valence-corrected chi connectivity index (χ2v) is 6.87. The summed E-state index contributed by atoms with van der Waals surface area (Å²) in [6.07, 6.45) is 1.57. The van der Waals surface area contributed by atoms with Crippen LogP contribution in [0.5, 0.6) is 0 Å². The maximum atomic E-state index is 12.5. The van der Waals surface area contributed by atoms with Gasteiger partial charge in [0.1, 0.15) is 5.76 Å². The van der Waals surface area contributed by atoms with Crippen LogP contribution in [0.15, 0.2) is 77.4 Å². The average molecular weight is 420 g/mol. The van der Waals surface area contributed by atoms with Crippen molar-refractivity contribution in [3.63, 3.8) is 0 Å². The largest absolute Gasteiger partial charge is 0.468 e. The Morgan fingerprint density at radius 2 is 1.65 bits per heavy atom. The molecule has 0 radical (unpaired) electrons. The van der Waals surface area contributed by atoms with Gasteiger partial charge < -0.3 is 15.1 Å². The van der Waals surface area contributed by atoms with Crippen LogP contribution in [-0.4, -0.2) is 36.3 Å². The molecule has 0 atom stereocenters. The predicted octanol–water partition coefficient (Wildman–Crippen LogP) is 2.99. The van der Waals surface area contributed by atoms with Crippen LogP contribution < -0.4 is 16.0 Å². The first-order valence-electron chi connectivity index (χ1n) is 9.75. The van der Waals surface area contributed by atoms with Crippen LogP contribution in [0.2, 0.25) is 0 Å². The van der Waals surface area contributed by atoms with Gasteiger partial charge in [0.05, 0.1) is 19.4 Å². The van der Waals surface area contributed by atoms with E-state index in [0.717, 1.165) is 5.56 Å². The highest BCUT2D eigenvalue weighted by Gasteiger charge is 2.16. The van der Waals surface area contributed by atoms with Gasteiger partial charge in [-0.1, -0.05) is 30.3 Å². The highest BCUT2D eigenvalue weighted by molar-refractivity contribution is 6.01. The molecule has 1 aromatic heterocycles. The topological polar surface area (TPSA) is 104 Å². The Bertz CT molecular complexity index is 1000. The van der Waals surface area contributed by atoms with Crippen LogP contribution in [0.25, 0.3) is 0 Å². The van der Waals surface area contributed by atoms with Crippen molar-refractivity contribution in [2.75, 3.05) is 18.9 Å². The van der Waals surface area contributed by atoms with Crippen LogP contribution in [0.1, 0.15) is 21.7 Å². The molecule has 3 N–H and O–H groups in total. The number of furan rings is 1. The fourth-order valence-corrected chi connectivity index (χ4v) is 3.01. The van der Waals surface area contributed by atoms with E-state index in [1.807, 2.05) is 29.2 Å². The van der Waals surface area contributed by atoms with E-state index in [9.17, 15) is 14.4 Å². The van der Waals surface area contributed by atoms with Gasteiger partial charge in [0, 0.05) is 24.8 Å². The molecule has 0 aliphatic carbocycles. The summed E-state index contributed by atoms with van der Waals surface area (Å²) in [5.41, 5.74) is 2.07. The number of benzene rings is 2. The van der Waals surface area contributed by atoms with Crippen LogP contribution in [0.3, 0.4) is 0 Å². The van der Waals surface area contributed by atoms with Crippen molar-refractivity contribution in [2.24, 2.45) is 0 Å². The third-order valence-electron chi connectivity index (χ3n) is 4.46. The van der Waals surface area contributed by atoms with E-state index in [2.05, 4.69) is 16.0 Å². The monoisotopic (exact) mass is 420 g/mol. The number of rotatable bonds is 8. The highest BCUT2D eigenvalue weighted by Crippen LogP contribution is 2.12. The number of anilines is 1. The molecule has 0 spiro atoms. The second-order valence-electron chi connectivity index (χ2n) is 6.87. The smallest absolute Gasteiger partial charge is 0.325 e. The van der Waals surface area contributed by atoms with Crippen molar-refractivity contribution in [2.45, 2.75) is 13.1 Å². The van der Waals surface area contributed by atoms with Gasteiger partial charge >= 0.3 is 6.03 Å². The molecule has 0 saturated heterocycles. The molecule has 0 aliphatic rings. The maximum absolute atomic E-state index is 12.5. The minimum absolute atomic E-state index is 0.0138. The van der Waals surface area contributed by atoms with E-state index >= 15 is 0 Å². The summed E-state index contributed by atoms with van der Waals surface area (Å²) in [5, 5.41) is 7.54. The number of nitrogens with one attached hydrogen (secondary N) is 3. The quantitative estimate of drug-likeness (QED) is 0.520. The first-order chi connectivity index (χ1) is 15.0. The number of nitrogens with zero attached hydrogens (tertiary/aromatic N) is 1. The van der Waals surface area contributed by atoms with Crippen molar-refractivity contribution >= 4 is 23.5 Å². The minimum atomic E-state index is -0.593. The predicted molar refractivity (Wildman–Crippen MR) is 116 cm³/mol. The molecule has 8 heteroatoms. The van der Waals surface area contributed by atoms with Crippen LogP contribution >= 0.6 is 0 Å². The minimum Gasteiger partial charge on any atom is -0.468 e. The molecule has 160 valence electrons. The third-order valence-corrected chi connectivity index (χ3v) is 4.46. The lowest BCUT2D eigenvalue weighted by molar-refractivity contribution is -0.121. The standard InChI is InChI=1S/C23H24N4O4/c1-24-22(29)18-11-9-17(10-12-18)14-27(15-20-8-5-13-31-20)16-21(28)26-23(30)25-19-6-3-2-4-7-19/h2-13H,14-16H2,1H3,(H,24,29)(H2,25,26,28,30). The summed E-state index contributed by atoms with van der Waals surface area (Å²) in [4.78, 5) is 38.1. The van der Waals surface area contributed by atoms with Gasteiger partial charge in [-0.25, -0.2) is 4.79 Å². The molecular formula is C23H24N4O4. The Hall–Kier alpha value is -3.91. The molecule has 0 bridgehead atoms. The van der Waals surface area contributed by atoms with Crippen LogP contribution in [0, 0.1) is 0 Å². The van der Waals surface area contributed by atoms with Crippen molar-refractivity contribution < 1.29 is 18.8 Å². The summed E-state index contributed by atoms with van der Waals surface area (Å²) in [6, 6.07) is 19.0. The van der Waals surface area contributed by atoms with Gasteiger partial charge in [0.15, 0.2) is 0 Å². The van der Waals surface area contributed by atoms with Crippen molar-refractivity contribution in [1.82, 2.24) is 15.5 Å². The van der Waals surface area contributed by atoms with Gasteiger partial charge in [-0.2, -0.15) is 0 Å². The van der Waals surface area contributed by atoms with Crippen LogP contribution in [-0.2, 0) is 17.9 Å². The zero-order chi connectivity index (χ0) is 22.1. The molecule has 0 saturated carbocycles. The number of hydrogen-bond acceptors (Lipinski definition) is 5. The molecule has 1 heterocycles. The third kappa shape index (κ3) is 6.83. The van der Waals surface area contributed by atoms with Gasteiger partial charge in [0.25, 0.3) is 5.91 Å². The molecule has 0 aliphatic heterocycles. The first-order valence-corrected chi connectivity index (χ1v) is 9.75. The van der Waals surface area contributed by atoms with Gasteiger partial charge in [-0.15, -0.1) is 0 Å². The van der Waals surface area contributed by atoms with E-state index in [4.69, 9.17) is 4.42 Å². The van der Waals surface area contributed by atoms with Crippen molar-refractivity contribution in [1.29, 1.82) is 0 Å². The number of carbonyl (C=O) groups is 3. The number of hydrogen-bond donors (Lipinski definition) is 3. The lowest BCUT2D eigenvalue weighted by Gasteiger charge is -2.21. The van der Waals surface area contributed by atoms with E-state index < -0.39 is 11.9 Å².